The Kier molecular flexibility index (Phi) is 8.03. The number of aliphatic hydroxyl groups excluding tert-OH is 1. The number of hydrogen-bond acceptors (Lipinski definition) is 10. The average molecular weight is 514 g/mol. The Morgan fingerprint density at radius 2 is 1.84 bits per heavy atom. The van der Waals surface area contributed by atoms with E-state index in [1.54, 1.807) is 43.4 Å². The van der Waals surface area contributed by atoms with Crippen LogP contribution in [0.3, 0.4) is 0 Å². The number of carbonyl (C=O) groups excluding carboxylic acids is 1. The summed E-state index contributed by atoms with van der Waals surface area (Å²) >= 11 is 0. The largest absolute Gasteiger partial charge is 0.493 e. The molecule has 1 fully saturated rings. The Bertz CT molecular complexity index is 1200. The van der Waals surface area contributed by atoms with Gasteiger partial charge < -0.3 is 38.9 Å². The smallest absolute Gasteiger partial charge is 0.289 e. The van der Waals surface area contributed by atoms with Gasteiger partial charge in [-0.3, -0.25) is 4.79 Å². The Balaban J connectivity index is 1.56. The quantitative estimate of drug-likeness (QED) is 0.441. The minimum atomic E-state index is -0.732. The maximum Gasteiger partial charge on any atom is 0.289 e. The Morgan fingerprint density at radius 3 is 2.46 bits per heavy atom. The van der Waals surface area contributed by atoms with Crippen LogP contribution in [0.4, 0.5) is 5.95 Å². The van der Waals surface area contributed by atoms with E-state index in [1.807, 2.05) is 25.7 Å². The van der Waals surface area contributed by atoms with E-state index in [9.17, 15) is 9.90 Å². The van der Waals surface area contributed by atoms with Crippen LogP contribution < -0.4 is 24.4 Å². The zero-order valence-corrected chi connectivity index (χ0v) is 22.0. The average Bonchev–Trinajstić information content (AvgIpc) is 3.44. The lowest BCUT2D eigenvalue weighted by Gasteiger charge is -2.34. The SMILES string of the molecule is COc1cc2nc(N3CCN(C(=O)c4ccco4)CC3)nc(OCC(O)CNC(C)(C)C)c2cc1OC. The molecule has 1 aliphatic heterocycles. The number of carbonyl (C=O) groups is 1. The summed E-state index contributed by atoms with van der Waals surface area (Å²) in [6.07, 6.45) is 0.761. The van der Waals surface area contributed by atoms with Gasteiger partial charge in [0.25, 0.3) is 5.91 Å². The van der Waals surface area contributed by atoms with Gasteiger partial charge in [0.1, 0.15) is 12.7 Å². The topological polar surface area (TPSA) is 122 Å². The van der Waals surface area contributed by atoms with Crippen molar-refractivity contribution in [3.05, 3.63) is 36.3 Å². The number of fused-ring (bicyclic) bond motifs is 1. The molecular weight excluding hydrogens is 478 g/mol. The zero-order chi connectivity index (χ0) is 26.6. The molecule has 0 bridgehead atoms. The zero-order valence-electron chi connectivity index (χ0n) is 22.0. The lowest BCUT2D eigenvalue weighted by atomic mass is 10.1. The van der Waals surface area contributed by atoms with Crippen LogP contribution in [0.5, 0.6) is 17.4 Å². The van der Waals surface area contributed by atoms with E-state index in [0.717, 1.165) is 0 Å². The van der Waals surface area contributed by atoms with Crippen molar-refractivity contribution in [2.24, 2.45) is 0 Å². The second-order valence-electron chi connectivity index (χ2n) is 9.91. The summed E-state index contributed by atoms with van der Waals surface area (Å²) in [4.78, 5) is 25.9. The van der Waals surface area contributed by atoms with Gasteiger partial charge in [0.15, 0.2) is 17.3 Å². The summed E-state index contributed by atoms with van der Waals surface area (Å²) < 4.78 is 22.2. The number of aromatic nitrogens is 2. The first kappa shape index (κ1) is 26.5. The van der Waals surface area contributed by atoms with Gasteiger partial charge in [-0.1, -0.05) is 0 Å². The molecule has 1 aromatic carbocycles. The number of piperazine rings is 1. The molecule has 1 atom stereocenters. The lowest BCUT2D eigenvalue weighted by Crippen LogP contribution is -2.49. The number of benzene rings is 1. The maximum atomic E-state index is 12.6. The summed E-state index contributed by atoms with van der Waals surface area (Å²) in [5, 5.41) is 14.4. The molecule has 11 heteroatoms. The molecule has 1 saturated heterocycles. The van der Waals surface area contributed by atoms with Crippen LogP contribution in [0.2, 0.25) is 0 Å². The number of hydrogen-bond donors (Lipinski definition) is 2. The van der Waals surface area contributed by atoms with Crippen LogP contribution in [0.1, 0.15) is 31.3 Å². The van der Waals surface area contributed by atoms with E-state index in [4.69, 9.17) is 28.6 Å². The highest BCUT2D eigenvalue weighted by Gasteiger charge is 2.26. The number of ether oxygens (including phenoxy) is 3. The lowest BCUT2D eigenvalue weighted by molar-refractivity contribution is 0.0714. The summed E-state index contributed by atoms with van der Waals surface area (Å²) in [5.74, 6) is 2.06. The molecule has 4 rings (SSSR count). The van der Waals surface area contributed by atoms with Crippen molar-refractivity contribution in [3.8, 4) is 17.4 Å². The molecule has 1 aliphatic rings. The highest BCUT2D eigenvalue weighted by Crippen LogP contribution is 2.36. The number of furan rings is 1. The summed E-state index contributed by atoms with van der Waals surface area (Å²) in [5.41, 5.74) is 0.495. The summed E-state index contributed by atoms with van der Waals surface area (Å²) in [7, 11) is 3.13. The predicted molar refractivity (Wildman–Crippen MR) is 139 cm³/mol. The van der Waals surface area contributed by atoms with Gasteiger partial charge in [-0.25, -0.2) is 4.98 Å². The molecule has 0 saturated carbocycles. The maximum absolute atomic E-state index is 12.6. The molecule has 3 aromatic rings. The van der Waals surface area contributed by atoms with Crippen molar-refractivity contribution in [1.29, 1.82) is 0 Å². The normalized spacial score (nSPS) is 15.1. The van der Waals surface area contributed by atoms with Gasteiger partial charge in [-0.15, -0.1) is 0 Å². The van der Waals surface area contributed by atoms with E-state index in [0.29, 0.717) is 72.7 Å². The standard InChI is InChI=1S/C26H35N5O6/c1-26(2,3)27-15-17(32)16-37-23-18-13-21(34-4)22(35-5)14-19(18)28-25(29-23)31-10-8-30(9-11-31)24(33)20-7-6-12-36-20/h6-7,12-14,17,27,32H,8-11,15-16H2,1-5H3. The third-order valence-corrected chi connectivity index (χ3v) is 6.02. The van der Waals surface area contributed by atoms with Crippen LogP contribution >= 0.6 is 0 Å². The first-order valence-electron chi connectivity index (χ1n) is 12.3. The molecule has 0 spiro atoms. The summed E-state index contributed by atoms with van der Waals surface area (Å²) in [6, 6.07) is 6.92. The fraction of sp³-hybridized carbons (Fsp3) is 0.500. The number of rotatable bonds is 9. The first-order valence-corrected chi connectivity index (χ1v) is 12.3. The fourth-order valence-electron chi connectivity index (χ4n) is 3.99. The number of nitrogens with zero attached hydrogens (tertiary/aromatic N) is 4. The van der Waals surface area contributed by atoms with E-state index in [2.05, 4.69) is 5.32 Å². The molecule has 0 radical (unpaired) electrons. The van der Waals surface area contributed by atoms with Crippen molar-refractivity contribution in [3.63, 3.8) is 0 Å². The Labute approximate surface area is 216 Å². The molecular formula is C26H35N5O6. The van der Waals surface area contributed by atoms with Crippen LogP contribution in [-0.2, 0) is 0 Å². The number of amides is 1. The fourth-order valence-corrected chi connectivity index (χ4v) is 3.99. The van der Waals surface area contributed by atoms with E-state index in [1.165, 1.54) is 6.26 Å². The van der Waals surface area contributed by atoms with Crippen LogP contribution in [0.15, 0.2) is 34.9 Å². The van der Waals surface area contributed by atoms with Crippen LogP contribution in [0, 0.1) is 0 Å². The van der Waals surface area contributed by atoms with E-state index < -0.39 is 6.10 Å². The van der Waals surface area contributed by atoms with Gasteiger partial charge in [0.05, 0.1) is 31.4 Å². The highest BCUT2D eigenvalue weighted by molar-refractivity contribution is 5.91. The van der Waals surface area contributed by atoms with Crippen LogP contribution in [-0.4, -0.2) is 91.1 Å². The molecule has 200 valence electrons. The van der Waals surface area contributed by atoms with Crippen molar-refractivity contribution in [2.45, 2.75) is 32.4 Å². The predicted octanol–water partition coefficient (Wildman–Crippen LogP) is 2.33. The van der Waals surface area contributed by atoms with Crippen molar-refractivity contribution in [2.75, 3.05) is 58.5 Å². The van der Waals surface area contributed by atoms with Crippen LogP contribution in [0.25, 0.3) is 10.9 Å². The third kappa shape index (κ3) is 6.41. The number of aliphatic hydroxyl groups is 1. The monoisotopic (exact) mass is 513 g/mol. The van der Waals surface area contributed by atoms with Crippen molar-refractivity contribution < 1.29 is 28.5 Å². The molecule has 1 amide bonds. The van der Waals surface area contributed by atoms with E-state index in [-0.39, 0.29) is 18.1 Å². The first-order chi connectivity index (χ1) is 17.7. The minimum absolute atomic E-state index is 0.0500. The molecule has 1 unspecified atom stereocenters. The van der Waals surface area contributed by atoms with Gasteiger partial charge in [-0.05, 0) is 39.0 Å². The van der Waals surface area contributed by atoms with Crippen molar-refractivity contribution in [1.82, 2.24) is 20.2 Å². The van der Waals surface area contributed by atoms with Gasteiger partial charge in [-0.2, -0.15) is 4.98 Å². The van der Waals surface area contributed by atoms with E-state index >= 15 is 0 Å². The van der Waals surface area contributed by atoms with Gasteiger partial charge in [0.2, 0.25) is 11.8 Å². The molecule has 3 heterocycles. The summed E-state index contributed by atoms with van der Waals surface area (Å²) in [6.45, 7) is 8.62. The Hall–Kier alpha value is -3.57. The second kappa shape index (κ2) is 11.2. The number of anilines is 1. The second-order valence-corrected chi connectivity index (χ2v) is 9.91. The molecule has 11 nitrogen and oxygen atoms in total. The number of methoxy groups -OCH3 is 2. The third-order valence-electron chi connectivity index (χ3n) is 6.02. The van der Waals surface area contributed by atoms with Crippen molar-refractivity contribution >= 4 is 22.8 Å². The molecule has 0 aliphatic carbocycles. The Morgan fingerprint density at radius 1 is 1.14 bits per heavy atom. The molecule has 2 aromatic heterocycles. The molecule has 37 heavy (non-hydrogen) atoms. The number of nitrogens with one attached hydrogen (secondary N) is 1. The molecule has 2 N–H and O–H groups in total. The van der Waals surface area contributed by atoms with Gasteiger partial charge in [0, 0.05) is 44.3 Å². The highest BCUT2D eigenvalue weighted by atomic mass is 16.5. The van der Waals surface area contributed by atoms with Gasteiger partial charge >= 0.3 is 0 Å². The minimum Gasteiger partial charge on any atom is -0.493 e. The number of β-amino-alcohol motifs (C(OH)–C–C–N with tert-alkyl or cyclic N) is 1.